The van der Waals surface area contributed by atoms with Gasteiger partial charge in [-0.25, -0.2) is 0 Å². The normalized spacial score (nSPS) is 11.8. The van der Waals surface area contributed by atoms with Gasteiger partial charge in [0.2, 0.25) is 0 Å². The summed E-state index contributed by atoms with van der Waals surface area (Å²) in [5.74, 6) is 0. The predicted molar refractivity (Wildman–Crippen MR) is 47.4 cm³/mol. The molecule has 0 fully saturated rings. The highest BCUT2D eigenvalue weighted by Gasteiger charge is 2.01. The van der Waals surface area contributed by atoms with Crippen LogP contribution in [-0.4, -0.2) is 6.54 Å². The van der Waals surface area contributed by atoms with Crippen LogP contribution in [0.15, 0.2) is 35.4 Å². The molecule has 1 rings (SSSR count). The molecule has 62 valence electrons. The van der Waals surface area contributed by atoms with Crippen molar-refractivity contribution < 1.29 is 0 Å². The van der Waals surface area contributed by atoms with E-state index in [1.807, 2.05) is 30.3 Å². The Bertz CT molecular complexity index is 276. The fraction of sp³-hybridized carbons (Fsp3) is 0.250. The molecule has 0 aliphatic rings. The molecule has 0 spiro atoms. The molecule has 0 saturated heterocycles. The maximum atomic E-state index is 8.06. The van der Waals surface area contributed by atoms with Crippen LogP contribution < -0.4 is 5.73 Å². The van der Waals surface area contributed by atoms with Crippen LogP contribution in [-0.2, 0) is 0 Å². The van der Waals surface area contributed by atoms with E-state index in [0.29, 0.717) is 6.54 Å². The molecule has 0 amide bonds. The quantitative estimate of drug-likeness (QED) is 0.412. The Hall–Kier alpha value is -1.51. The average molecular weight is 162 g/mol. The first-order valence-electron chi connectivity index (χ1n) is 3.66. The van der Waals surface area contributed by atoms with E-state index in [9.17, 15) is 0 Å². The highest BCUT2D eigenvalue weighted by molar-refractivity contribution is 5.18. The SMILES string of the molecule is [N-]=[N+]=NCC(N)c1ccccc1. The highest BCUT2D eigenvalue weighted by atomic mass is 15.1. The van der Waals surface area contributed by atoms with Crippen LogP contribution in [0.2, 0.25) is 0 Å². The fourth-order valence-electron chi connectivity index (χ4n) is 0.930. The lowest BCUT2D eigenvalue weighted by atomic mass is 10.1. The number of benzene rings is 1. The van der Waals surface area contributed by atoms with Gasteiger partial charge in [-0.15, -0.1) is 0 Å². The summed E-state index contributed by atoms with van der Waals surface area (Å²) >= 11 is 0. The van der Waals surface area contributed by atoms with E-state index in [0.717, 1.165) is 5.56 Å². The summed E-state index contributed by atoms with van der Waals surface area (Å²) in [4.78, 5) is 2.65. The van der Waals surface area contributed by atoms with E-state index in [4.69, 9.17) is 11.3 Å². The molecule has 12 heavy (non-hydrogen) atoms. The lowest BCUT2D eigenvalue weighted by molar-refractivity contribution is 0.733. The minimum absolute atomic E-state index is 0.193. The third kappa shape index (κ3) is 2.27. The van der Waals surface area contributed by atoms with Crippen molar-refractivity contribution >= 4 is 0 Å². The maximum Gasteiger partial charge on any atom is 0.0451 e. The highest BCUT2D eigenvalue weighted by Crippen LogP contribution is 2.08. The topological polar surface area (TPSA) is 74.8 Å². The summed E-state index contributed by atoms with van der Waals surface area (Å²) in [7, 11) is 0. The third-order valence-electron chi connectivity index (χ3n) is 1.57. The molecule has 0 aliphatic carbocycles. The molecule has 0 bridgehead atoms. The number of hydrogen-bond donors (Lipinski definition) is 1. The fourth-order valence-corrected chi connectivity index (χ4v) is 0.930. The van der Waals surface area contributed by atoms with E-state index < -0.39 is 0 Å². The van der Waals surface area contributed by atoms with Crippen molar-refractivity contribution in [1.29, 1.82) is 0 Å². The Morgan fingerprint density at radius 1 is 1.42 bits per heavy atom. The van der Waals surface area contributed by atoms with E-state index in [1.54, 1.807) is 0 Å². The Morgan fingerprint density at radius 3 is 2.67 bits per heavy atom. The van der Waals surface area contributed by atoms with Gasteiger partial charge in [-0.2, -0.15) is 0 Å². The van der Waals surface area contributed by atoms with Gasteiger partial charge in [-0.1, -0.05) is 35.4 Å². The van der Waals surface area contributed by atoms with E-state index in [1.165, 1.54) is 0 Å². The minimum atomic E-state index is -0.193. The summed E-state index contributed by atoms with van der Waals surface area (Å²) in [6, 6.07) is 9.37. The van der Waals surface area contributed by atoms with Gasteiger partial charge in [0, 0.05) is 17.5 Å². The van der Waals surface area contributed by atoms with Gasteiger partial charge in [0.1, 0.15) is 0 Å². The van der Waals surface area contributed by atoms with Gasteiger partial charge in [0.05, 0.1) is 0 Å². The first kappa shape index (κ1) is 8.59. The number of nitrogens with zero attached hydrogens (tertiary/aromatic N) is 3. The average Bonchev–Trinajstić information content (AvgIpc) is 2.15. The van der Waals surface area contributed by atoms with Gasteiger partial charge in [-0.05, 0) is 11.1 Å². The Labute approximate surface area is 70.6 Å². The van der Waals surface area contributed by atoms with Crippen molar-refractivity contribution in [2.45, 2.75) is 6.04 Å². The molecule has 1 aromatic rings. The summed E-state index contributed by atoms with van der Waals surface area (Å²) in [5, 5.41) is 3.40. The van der Waals surface area contributed by atoms with Crippen molar-refractivity contribution in [2.75, 3.05) is 6.54 Å². The number of nitrogens with two attached hydrogens (primary N) is 1. The van der Waals surface area contributed by atoms with E-state index in [-0.39, 0.29) is 6.04 Å². The molecule has 0 heterocycles. The molecule has 1 unspecified atom stereocenters. The molecular formula is C8H10N4. The molecular weight excluding hydrogens is 152 g/mol. The molecule has 4 heteroatoms. The maximum absolute atomic E-state index is 8.06. The van der Waals surface area contributed by atoms with Gasteiger partial charge >= 0.3 is 0 Å². The number of hydrogen-bond acceptors (Lipinski definition) is 2. The Balaban J connectivity index is 2.65. The summed E-state index contributed by atoms with van der Waals surface area (Å²) in [6.07, 6.45) is 0. The third-order valence-corrected chi connectivity index (χ3v) is 1.57. The van der Waals surface area contributed by atoms with Gasteiger partial charge in [-0.3, -0.25) is 0 Å². The van der Waals surface area contributed by atoms with Crippen molar-refractivity contribution in [3.05, 3.63) is 46.3 Å². The Kier molecular flexibility index (Phi) is 3.14. The monoisotopic (exact) mass is 162 g/mol. The predicted octanol–water partition coefficient (Wildman–Crippen LogP) is 2.00. The molecule has 0 radical (unpaired) electrons. The number of azide groups is 1. The van der Waals surface area contributed by atoms with Crippen LogP contribution in [0.1, 0.15) is 11.6 Å². The second-order valence-corrected chi connectivity index (χ2v) is 2.43. The van der Waals surface area contributed by atoms with Crippen molar-refractivity contribution in [3.8, 4) is 0 Å². The Morgan fingerprint density at radius 2 is 2.08 bits per heavy atom. The summed E-state index contributed by atoms with van der Waals surface area (Å²) in [5.41, 5.74) is 14.8. The second-order valence-electron chi connectivity index (χ2n) is 2.43. The van der Waals surface area contributed by atoms with Crippen LogP contribution in [0.5, 0.6) is 0 Å². The van der Waals surface area contributed by atoms with Gasteiger partial charge in [0.15, 0.2) is 0 Å². The first-order valence-corrected chi connectivity index (χ1v) is 3.66. The largest absolute Gasteiger partial charge is 0.324 e. The summed E-state index contributed by atoms with van der Waals surface area (Å²) < 4.78 is 0. The number of rotatable bonds is 3. The zero-order valence-corrected chi connectivity index (χ0v) is 6.59. The van der Waals surface area contributed by atoms with Crippen LogP contribution in [0, 0.1) is 0 Å². The van der Waals surface area contributed by atoms with Crippen LogP contribution in [0.25, 0.3) is 10.4 Å². The molecule has 1 atom stereocenters. The lowest BCUT2D eigenvalue weighted by Crippen LogP contribution is -2.12. The van der Waals surface area contributed by atoms with E-state index >= 15 is 0 Å². The van der Waals surface area contributed by atoms with Crippen LogP contribution >= 0.6 is 0 Å². The smallest absolute Gasteiger partial charge is 0.0451 e. The van der Waals surface area contributed by atoms with E-state index in [2.05, 4.69) is 10.0 Å². The molecule has 0 aromatic heterocycles. The zero-order chi connectivity index (χ0) is 8.81. The molecule has 1 aromatic carbocycles. The standard InChI is InChI=1S/C8H10N4/c9-8(6-11-12-10)7-4-2-1-3-5-7/h1-5,8H,6,9H2. The molecule has 2 N–H and O–H groups in total. The minimum Gasteiger partial charge on any atom is -0.324 e. The van der Waals surface area contributed by atoms with Crippen LogP contribution in [0.4, 0.5) is 0 Å². The zero-order valence-electron chi connectivity index (χ0n) is 6.59. The van der Waals surface area contributed by atoms with Crippen molar-refractivity contribution in [2.24, 2.45) is 10.8 Å². The van der Waals surface area contributed by atoms with Crippen LogP contribution in [0.3, 0.4) is 0 Å². The molecule has 0 saturated carbocycles. The van der Waals surface area contributed by atoms with Gasteiger partial charge < -0.3 is 5.73 Å². The lowest BCUT2D eigenvalue weighted by Gasteiger charge is -2.06. The second kappa shape index (κ2) is 4.38. The first-order chi connectivity index (χ1) is 5.84. The van der Waals surface area contributed by atoms with Crippen molar-refractivity contribution in [3.63, 3.8) is 0 Å². The molecule has 4 nitrogen and oxygen atoms in total. The summed E-state index contributed by atoms with van der Waals surface area (Å²) in [6.45, 7) is 0.306. The molecule has 0 aliphatic heterocycles. The van der Waals surface area contributed by atoms with Crippen molar-refractivity contribution in [1.82, 2.24) is 0 Å². The van der Waals surface area contributed by atoms with Gasteiger partial charge in [0.25, 0.3) is 0 Å².